The molecule has 1 saturated carbocycles. The zero-order valence-corrected chi connectivity index (χ0v) is 17.6. The highest BCUT2D eigenvalue weighted by atomic mass is 19.4. The molecule has 0 bridgehead atoms. The highest BCUT2D eigenvalue weighted by Crippen LogP contribution is 2.38. The van der Waals surface area contributed by atoms with E-state index in [-0.39, 0.29) is 18.1 Å². The van der Waals surface area contributed by atoms with Crippen LogP contribution in [0.3, 0.4) is 0 Å². The maximum atomic E-state index is 13.2. The van der Waals surface area contributed by atoms with E-state index in [1.807, 2.05) is 0 Å². The Labute approximate surface area is 184 Å². The number of hydrogen-bond donors (Lipinski definition) is 0. The Kier molecular flexibility index (Phi) is 5.53. The molecule has 2 atom stereocenters. The van der Waals surface area contributed by atoms with Crippen LogP contribution < -0.4 is 4.74 Å². The average Bonchev–Trinajstić information content (AvgIpc) is 3.55. The number of benzene rings is 1. The minimum atomic E-state index is -4.36. The van der Waals surface area contributed by atoms with Crippen LogP contribution in [0.2, 0.25) is 0 Å². The minimum Gasteiger partial charge on any atom is -0.472 e. The van der Waals surface area contributed by atoms with Crippen molar-refractivity contribution >= 4 is 5.91 Å². The smallest absolute Gasteiger partial charge is 0.416 e. The molecule has 6 nitrogen and oxygen atoms in total. The lowest BCUT2D eigenvalue weighted by Crippen LogP contribution is -2.42. The molecule has 170 valence electrons. The Bertz CT molecular complexity index is 961. The van der Waals surface area contributed by atoms with Crippen LogP contribution in [0.25, 0.3) is 0 Å². The molecule has 1 aromatic carbocycles. The lowest BCUT2D eigenvalue weighted by molar-refractivity contribution is -0.138. The summed E-state index contributed by atoms with van der Waals surface area (Å²) >= 11 is 0. The van der Waals surface area contributed by atoms with Gasteiger partial charge in [-0.15, -0.1) is 0 Å². The van der Waals surface area contributed by atoms with E-state index in [0.717, 1.165) is 30.8 Å². The first-order chi connectivity index (χ1) is 15.4. The first-order valence-corrected chi connectivity index (χ1v) is 11.0. The Morgan fingerprint density at radius 3 is 2.50 bits per heavy atom. The standard InChI is InChI=1S/C23H25F3N4O2/c24-23(25,26)17-6-2-15(3-7-17)13-30-9-1-8-29-14-18(10-20(29)22(30)31)32-21-12-27-19(11-28-21)16-4-5-16/h2-3,6-7,11-12,16,18,20H,1,4-5,8-10,13-14H2. The normalized spacial score (nSPS) is 24.3. The van der Waals surface area contributed by atoms with Crippen LogP contribution in [-0.2, 0) is 17.5 Å². The average molecular weight is 446 g/mol. The van der Waals surface area contributed by atoms with Gasteiger partial charge in [0.05, 0.1) is 29.7 Å². The Balaban J connectivity index is 1.21. The maximum Gasteiger partial charge on any atom is 0.416 e. The van der Waals surface area contributed by atoms with Gasteiger partial charge in [-0.2, -0.15) is 13.2 Å². The molecule has 0 spiro atoms. The predicted molar refractivity (Wildman–Crippen MR) is 110 cm³/mol. The van der Waals surface area contributed by atoms with E-state index in [4.69, 9.17) is 4.74 Å². The lowest BCUT2D eigenvalue weighted by Gasteiger charge is -2.25. The Morgan fingerprint density at radius 2 is 1.84 bits per heavy atom. The first kappa shape index (κ1) is 21.2. The van der Waals surface area contributed by atoms with Gasteiger partial charge in [0.25, 0.3) is 0 Å². The molecule has 0 N–H and O–H groups in total. The van der Waals surface area contributed by atoms with Gasteiger partial charge >= 0.3 is 6.18 Å². The highest BCUT2D eigenvalue weighted by molar-refractivity contribution is 5.82. The first-order valence-electron chi connectivity index (χ1n) is 11.0. The molecule has 32 heavy (non-hydrogen) atoms. The molecule has 3 fully saturated rings. The number of rotatable bonds is 5. The molecule has 3 aliphatic rings. The van der Waals surface area contributed by atoms with Gasteiger partial charge < -0.3 is 9.64 Å². The van der Waals surface area contributed by atoms with Gasteiger partial charge in [-0.1, -0.05) is 12.1 Å². The van der Waals surface area contributed by atoms with E-state index >= 15 is 0 Å². The van der Waals surface area contributed by atoms with Crippen molar-refractivity contribution < 1.29 is 22.7 Å². The summed E-state index contributed by atoms with van der Waals surface area (Å²) < 4.78 is 44.4. The van der Waals surface area contributed by atoms with Crippen molar-refractivity contribution in [2.24, 2.45) is 0 Å². The molecule has 1 amide bonds. The zero-order valence-electron chi connectivity index (χ0n) is 17.6. The fourth-order valence-corrected chi connectivity index (χ4v) is 4.56. The van der Waals surface area contributed by atoms with Gasteiger partial charge in [0.2, 0.25) is 11.8 Å². The largest absolute Gasteiger partial charge is 0.472 e. The number of hydrogen-bond acceptors (Lipinski definition) is 5. The number of fused-ring (bicyclic) bond motifs is 1. The van der Waals surface area contributed by atoms with Crippen molar-refractivity contribution in [2.45, 2.75) is 56.5 Å². The summed E-state index contributed by atoms with van der Waals surface area (Å²) in [5.74, 6) is 1.02. The molecular weight excluding hydrogens is 421 g/mol. The molecule has 9 heteroatoms. The summed E-state index contributed by atoms with van der Waals surface area (Å²) in [5, 5.41) is 0. The third kappa shape index (κ3) is 4.57. The van der Waals surface area contributed by atoms with E-state index in [9.17, 15) is 18.0 Å². The number of halogens is 3. The fraction of sp³-hybridized carbons (Fsp3) is 0.522. The van der Waals surface area contributed by atoms with Crippen LogP contribution >= 0.6 is 0 Å². The fourth-order valence-electron chi connectivity index (χ4n) is 4.56. The van der Waals surface area contributed by atoms with E-state index in [0.29, 0.717) is 43.4 Å². The van der Waals surface area contributed by atoms with E-state index in [2.05, 4.69) is 14.9 Å². The minimum absolute atomic E-state index is 0.00339. The van der Waals surface area contributed by atoms with Gasteiger partial charge in [-0.05, 0) is 37.0 Å². The number of aromatic nitrogens is 2. The molecule has 2 saturated heterocycles. The predicted octanol–water partition coefficient (Wildman–Crippen LogP) is 3.63. The molecule has 0 radical (unpaired) electrons. The monoisotopic (exact) mass is 446 g/mol. The second-order valence-electron chi connectivity index (χ2n) is 8.85. The molecule has 1 aromatic heterocycles. The second-order valence-corrected chi connectivity index (χ2v) is 8.85. The third-order valence-electron chi connectivity index (χ3n) is 6.42. The maximum absolute atomic E-state index is 13.2. The van der Waals surface area contributed by atoms with E-state index in [1.54, 1.807) is 17.3 Å². The third-order valence-corrected chi connectivity index (χ3v) is 6.42. The Morgan fingerprint density at radius 1 is 1.06 bits per heavy atom. The van der Waals surface area contributed by atoms with E-state index in [1.165, 1.54) is 25.0 Å². The summed E-state index contributed by atoms with van der Waals surface area (Å²) in [6, 6.07) is 4.75. The van der Waals surface area contributed by atoms with Crippen molar-refractivity contribution in [3.05, 3.63) is 53.5 Å². The van der Waals surface area contributed by atoms with Gasteiger partial charge in [-0.3, -0.25) is 14.7 Å². The van der Waals surface area contributed by atoms with Gasteiger partial charge in [0, 0.05) is 38.5 Å². The summed E-state index contributed by atoms with van der Waals surface area (Å²) in [7, 11) is 0. The van der Waals surface area contributed by atoms with Gasteiger partial charge in [0.15, 0.2) is 0 Å². The number of alkyl halides is 3. The number of carbonyl (C=O) groups excluding carboxylic acids is 1. The number of amides is 1. The van der Waals surface area contributed by atoms with Gasteiger partial charge in [-0.25, -0.2) is 4.98 Å². The molecule has 2 aromatic rings. The van der Waals surface area contributed by atoms with Crippen molar-refractivity contribution in [1.29, 1.82) is 0 Å². The van der Waals surface area contributed by atoms with Crippen molar-refractivity contribution in [3.8, 4) is 5.88 Å². The SMILES string of the molecule is O=C1C2CC(Oc3cnc(C4CC4)cn3)CN2CCCN1Cc1ccc(C(F)(F)F)cc1. The van der Waals surface area contributed by atoms with Crippen molar-refractivity contribution in [1.82, 2.24) is 19.8 Å². The summed E-state index contributed by atoms with van der Waals surface area (Å²) in [5.41, 5.74) is 1.02. The number of ether oxygens (including phenoxy) is 1. The number of carbonyl (C=O) groups is 1. The van der Waals surface area contributed by atoms with Crippen LogP contribution in [0.4, 0.5) is 13.2 Å². The second kappa shape index (κ2) is 8.35. The number of nitrogens with zero attached hydrogens (tertiary/aromatic N) is 4. The van der Waals surface area contributed by atoms with Crippen LogP contribution in [0.5, 0.6) is 5.88 Å². The summed E-state index contributed by atoms with van der Waals surface area (Å²) in [6.07, 6.45) is 2.64. The highest BCUT2D eigenvalue weighted by Gasteiger charge is 2.41. The van der Waals surface area contributed by atoms with Crippen LogP contribution in [-0.4, -0.2) is 57.5 Å². The molecule has 3 heterocycles. The quantitative estimate of drug-likeness (QED) is 0.702. The molecule has 5 rings (SSSR count). The van der Waals surface area contributed by atoms with Crippen molar-refractivity contribution in [2.75, 3.05) is 19.6 Å². The topological polar surface area (TPSA) is 58.6 Å². The lowest BCUT2D eigenvalue weighted by atomic mass is 10.1. The van der Waals surface area contributed by atoms with E-state index < -0.39 is 11.7 Å². The molecular formula is C23H25F3N4O2. The van der Waals surface area contributed by atoms with Crippen molar-refractivity contribution in [3.63, 3.8) is 0 Å². The van der Waals surface area contributed by atoms with Gasteiger partial charge in [0.1, 0.15) is 6.10 Å². The Hall–Kier alpha value is -2.68. The summed E-state index contributed by atoms with van der Waals surface area (Å²) in [4.78, 5) is 25.9. The van der Waals surface area contributed by atoms with Crippen LogP contribution in [0.1, 0.15) is 48.4 Å². The zero-order chi connectivity index (χ0) is 22.3. The van der Waals surface area contributed by atoms with Crippen LogP contribution in [0.15, 0.2) is 36.7 Å². The molecule has 2 aliphatic heterocycles. The summed E-state index contributed by atoms with van der Waals surface area (Å²) in [6.45, 7) is 2.33. The molecule has 2 unspecified atom stereocenters. The molecule has 1 aliphatic carbocycles. The van der Waals surface area contributed by atoms with Crippen LogP contribution in [0, 0.1) is 0 Å².